The summed E-state index contributed by atoms with van der Waals surface area (Å²) < 4.78 is 0. The summed E-state index contributed by atoms with van der Waals surface area (Å²) in [6.45, 7) is 17.6. The van der Waals surface area contributed by atoms with Gasteiger partial charge in [0.1, 0.15) is 0 Å². The summed E-state index contributed by atoms with van der Waals surface area (Å²) in [6.07, 6.45) is 16.0. The molecule has 1 N–H and O–H groups in total. The number of hydrogen-bond donors (Lipinski definition) is 1. The second-order valence-electron chi connectivity index (χ2n) is 13.3. The van der Waals surface area contributed by atoms with Crippen molar-refractivity contribution < 1.29 is 5.11 Å². The van der Waals surface area contributed by atoms with Gasteiger partial charge in [0.15, 0.2) is 0 Å². The van der Waals surface area contributed by atoms with Gasteiger partial charge in [-0.05, 0) is 96.7 Å². The summed E-state index contributed by atoms with van der Waals surface area (Å²) in [5.41, 5.74) is 3.15. The first-order valence-corrected chi connectivity index (χ1v) is 13.4. The van der Waals surface area contributed by atoms with E-state index in [0.29, 0.717) is 28.1 Å². The van der Waals surface area contributed by atoms with Gasteiger partial charge in [-0.2, -0.15) is 0 Å². The van der Waals surface area contributed by atoms with Gasteiger partial charge in [-0.15, -0.1) is 0 Å². The molecular weight excluding hydrogens is 364 g/mol. The van der Waals surface area contributed by atoms with Crippen LogP contribution in [0, 0.1) is 51.8 Å². The summed E-state index contributed by atoms with van der Waals surface area (Å²) in [7, 11) is 0. The lowest BCUT2D eigenvalue weighted by molar-refractivity contribution is -0.0897. The quantitative estimate of drug-likeness (QED) is 0.451. The Morgan fingerprint density at radius 2 is 1.73 bits per heavy atom. The van der Waals surface area contributed by atoms with E-state index in [9.17, 15) is 5.11 Å². The zero-order valence-electron chi connectivity index (χ0n) is 21.1. The molecule has 0 amide bonds. The first-order valence-electron chi connectivity index (χ1n) is 13.4. The summed E-state index contributed by atoms with van der Waals surface area (Å²) in [4.78, 5) is 0. The van der Waals surface area contributed by atoms with Crippen molar-refractivity contribution in [3.05, 3.63) is 11.6 Å². The minimum Gasteiger partial charge on any atom is -0.393 e. The molecule has 0 aromatic carbocycles. The zero-order valence-corrected chi connectivity index (χ0v) is 21.1. The maximum absolute atomic E-state index is 10.5. The second-order valence-corrected chi connectivity index (χ2v) is 13.3. The maximum atomic E-state index is 10.5. The van der Waals surface area contributed by atoms with Crippen LogP contribution in [0.25, 0.3) is 0 Å². The molecule has 0 aromatic rings. The van der Waals surface area contributed by atoms with E-state index in [1.165, 1.54) is 57.8 Å². The largest absolute Gasteiger partial charge is 0.393 e. The standard InChI is InChI=1S/C29H50O/c1-19(2)9-8-10-20(3)22-13-17-29(7)25-12-11-23-21(4)26(30)15-16-27(23,5)24(25)14-18-28(22,29)6/h12,19-24,26,30H,8-11,13-18H2,1-7H3. The van der Waals surface area contributed by atoms with E-state index >= 15 is 0 Å². The van der Waals surface area contributed by atoms with Crippen LogP contribution in [0.15, 0.2) is 11.6 Å². The van der Waals surface area contributed by atoms with Crippen LogP contribution in [0.1, 0.15) is 113 Å². The van der Waals surface area contributed by atoms with Gasteiger partial charge < -0.3 is 5.11 Å². The molecule has 0 heterocycles. The Morgan fingerprint density at radius 3 is 2.43 bits per heavy atom. The molecule has 0 aromatic heterocycles. The highest BCUT2D eigenvalue weighted by Gasteiger charge is 2.64. The highest BCUT2D eigenvalue weighted by molar-refractivity contribution is 5.32. The molecule has 9 unspecified atom stereocenters. The second kappa shape index (κ2) is 7.93. The van der Waals surface area contributed by atoms with Gasteiger partial charge in [0.2, 0.25) is 0 Å². The molecule has 1 heteroatoms. The van der Waals surface area contributed by atoms with Crippen LogP contribution in [0.4, 0.5) is 0 Å². The van der Waals surface area contributed by atoms with Gasteiger partial charge >= 0.3 is 0 Å². The summed E-state index contributed by atoms with van der Waals surface area (Å²) in [5, 5.41) is 10.5. The van der Waals surface area contributed by atoms with Crippen LogP contribution in [-0.4, -0.2) is 11.2 Å². The van der Waals surface area contributed by atoms with E-state index in [-0.39, 0.29) is 6.10 Å². The fraction of sp³-hybridized carbons (Fsp3) is 0.931. The molecule has 30 heavy (non-hydrogen) atoms. The molecule has 1 nitrogen and oxygen atoms in total. The van der Waals surface area contributed by atoms with Gasteiger partial charge in [-0.25, -0.2) is 0 Å². The van der Waals surface area contributed by atoms with E-state index < -0.39 is 0 Å². The molecule has 4 aliphatic rings. The first-order chi connectivity index (χ1) is 14.0. The van der Waals surface area contributed by atoms with Crippen molar-refractivity contribution in [2.24, 2.45) is 51.8 Å². The molecule has 4 aliphatic carbocycles. The van der Waals surface area contributed by atoms with Gasteiger partial charge in [0, 0.05) is 0 Å². The number of aliphatic hydroxyl groups excluding tert-OH is 1. The first kappa shape index (κ1) is 22.9. The smallest absolute Gasteiger partial charge is 0.0568 e. The molecule has 0 aliphatic heterocycles. The molecule has 0 radical (unpaired) electrons. The number of fused-ring (bicyclic) bond motifs is 5. The van der Waals surface area contributed by atoms with E-state index in [1.807, 2.05) is 5.57 Å². The third-order valence-corrected chi connectivity index (χ3v) is 11.6. The van der Waals surface area contributed by atoms with E-state index in [4.69, 9.17) is 0 Å². The molecule has 3 fully saturated rings. The molecular formula is C29H50O. The third kappa shape index (κ3) is 3.27. The summed E-state index contributed by atoms with van der Waals surface area (Å²) in [5.74, 6) is 4.50. The summed E-state index contributed by atoms with van der Waals surface area (Å²) >= 11 is 0. The maximum Gasteiger partial charge on any atom is 0.0568 e. The molecule has 172 valence electrons. The lowest BCUT2D eigenvalue weighted by Gasteiger charge is -2.62. The normalized spacial score (nSPS) is 49.2. The third-order valence-electron chi connectivity index (χ3n) is 11.6. The van der Waals surface area contributed by atoms with Crippen molar-refractivity contribution in [3.8, 4) is 0 Å². The van der Waals surface area contributed by atoms with Crippen molar-refractivity contribution in [2.45, 2.75) is 119 Å². The lowest BCUT2D eigenvalue weighted by atomic mass is 9.42. The van der Waals surface area contributed by atoms with Gasteiger partial charge in [-0.3, -0.25) is 0 Å². The van der Waals surface area contributed by atoms with Crippen molar-refractivity contribution in [1.82, 2.24) is 0 Å². The molecule has 9 atom stereocenters. The van der Waals surface area contributed by atoms with Crippen molar-refractivity contribution in [3.63, 3.8) is 0 Å². The molecule has 0 bridgehead atoms. The van der Waals surface area contributed by atoms with Crippen molar-refractivity contribution in [1.29, 1.82) is 0 Å². The average Bonchev–Trinajstić information content (AvgIpc) is 2.96. The van der Waals surface area contributed by atoms with Crippen LogP contribution in [-0.2, 0) is 0 Å². The minimum absolute atomic E-state index is 0.0787. The zero-order chi connectivity index (χ0) is 21.9. The van der Waals surface area contributed by atoms with Gasteiger partial charge in [0.05, 0.1) is 6.10 Å². The fourth-order valence-corrected chi connectivity index (χ4v) is 9.34. The Labute approximate surface area is 187 Å². The molecule has 0 saturated heterocycles. The number of rotatable bonds is 5. The van der Waals surface area contributed by atoms with E-state index in [2.05, 4.69) is 54.5 Å². The Kier molecular flexibility index (Phi) is 6.05. The van der Waals surface area contributed by atoms with Crippen LogP contribution in [0.3, 0.4) is 0 Å². The Bertz CT molecular complexity index is 663. The van der Waals surface area contributed by atoms with Gasteiger partial charge in [-0.1, -0.05) is 79.4 Å². The van der Waals surface area contributed by atoms with Crippen LogP contribution < -0.4 is 0 Å². The number of aliphatic hydroxyl groups is 1. The monoisotopic (exact) mass is 414 g/mol. The van der Waals surface area contributed by atoms with Crippen LogP contribution in [0.2, 0.25) is 0 Å². The van der Waals surface area contributed by atoms with Crippen LogP contribution in [0.5, 0.6) is 0 Å². The topological polar surface area (TPSA) is 20.2 Å². The lowest BCUT2D eigenvalue weighted by Crippen LogP contribution is -2.55. The number of hydrogen-bond acceptors (Lipinski definition) is 1. The summed E-state index contributed by atoms with van der Waals surface area (Å²) in [6, 6.07) is 0. The SMILES string of the molecule is CC(C)CCCC(C)C1CCC2(C)C3=CCC4C(C)C(O)CCC4(C)C3CCC12C. The minimum atomic E-state index is -0.0787. The predicted octanol–water partition coefficient (Wildman–Crippen LogP) is 8.02. The van der Waals surface area contributed by atoms with Crippen LogP contribution >= 0.6 is 0 Å². The average molecular weight is 415 g/mol. The van der Waals surface area contributed by atoms with E-state index in [1.54, 1.807) is 0 Å². The molecule has 0 spiro atoms. The number of allylic oxidation sites excluding steroid dienone is 2. The highest BCUT2D eigenvalue weighted by Crippen LogP contribution is 2.72. The van der Waals surface area contributed by atoms with Crippen molar-refractivity contribution >= 4 is 0 Å². The Hall–Kier alpha value is -0.300. The fourth-order valence-electron chi connectivity index (χ4n) is 9.34. The Balaban J connectivity index is 1.58. The highest BCUT2D eigenvalue weighted by atomic mass is 16.3. The molecule has 3 saturated carbocycles. The predicted molar refractivity (Wildman–Crippen MR) is 128 cm³/mol. The van der Waals surface area contributed by atoms with E-state index in [0.717, 1.165) is 30.1 Å². The van der Waals surface area contributed by atoms with Crippen molar-refractivity contribution in [2.75, 3.05) is 0 Å². The molecule has 4 rings (SSSR count). The van der Waals surface area contributed by atoms with Gasteiger partial charge in [0.25, 0.3) is 0 Å². The Morgan fingerprint density at radius 1 is 1.00 bits per heavy atom.